The molecule has 3 unspecified atom stereocenters. The zero-order valence-electron chi connectivity index (χ0n) is 21.1. The van der Waals surface area contributed by atoms with Crippen LogP contribution in [-0.4, -0.2) is 40.8 Å². The topological polar surface area (TPSA) is 76.0 Å². The molecule has 5 nitrogen and oxygen atoms in total. The maximum absolute atomic E-state index is 11.8. The quantitative estimate of drug-likeness (QED) is 0.176. The predicted octanol–water partition coefficient (Wildman–Crippen LogP) is 7.39. The third-order valence-electron chi connectivity index (χ3n) is 6.83. The van der Waals surface area contributed by atoms with Crippen LogP contribution in [0.4, 0.5) is 0 Å². The van der Waals surface area contributed by atoms with Gasteiger partial charge in [-0.2, -0.15) is 0 Å². The number of hydrogen-bond donors (Lipinski definition) is 2. The number of ether oxygens (including phenoxy) is 2. The monoisotopic (exact) mass is 456 g/mol. The molecule has 1 aliphatic heterocycles. The summed E-state index contributed by atoms with van der Waals surface area (Å²) < 4.78 is 12.0. The lowest BCUT2D eigenvalue weighted by atomic mass is 9.89. The van der Waals surface area contributed by atoms with E-state index >= 15 is 0 Å². The molecule has 1 fully saturated rings. The van der Waals surface area contributed by atoms with Gasteiger partial charge in [0.1, 0.15) is 0 Å². The fourth-order valence-corrected chi connectivity index (χ4v) is 4.58. The summed E-state index contributed by atoms with van der Waals surface area (Å²) >= 11 is 0. The second kappa shape index (κ2) is 18.7. The number of carboxylic acid groups (broad SMARTS) is 1. The lowest BCUT2D eigenvalue weighted by molar-refractivity contribution is -0.193. The fraction of sp³-hybridized carbons (Fsp3) is 0.963. The summed E-state index contributed by atoms with van der Waals surface area (Å²) in [6, 6.07) is 0. The van der Waals surface area contributed by atoms with Gasteiger partial charge in [-0.15, -0.1) is 0 Å². The molecule has 0 spiro atoms. The van der Waals surface area contributed by atoms with E-state index in [0.29, 0.717) is 12.8 Å². The molecule has 0 amide bonds. The minimum Gasteiger partial charge on any atom is -0.479 e. The van der Waals surface area contributed by atoms with Crippen molar-refractivity contribution in [1.82, 2.24) is 0 Å². The molecule has 1 heterocycles. The molecule has 0 aromatic heterocycles. The zero-order chi connectivity index (χ0) is 23.5. The predicted molar refractivity (Wildman–Crippen MR) is 131 cm³/mol. The van der Waals surface area contributed by atoms with E-state index in [-0.39, 0.29) is 18.8 Å². The Morgan fingerprint density at radius 3 is 2.03 bits per heavy atom. The molecule has 0 aromatic rings. The maximum atomic E-state index is 11.8. The maximum Gasteiger partial charge on any atom is 0.335 e. The van der Waals surface area contributed by atoms with Crippen molar-refractivity contribution in [3.05, 3.63) is 0 Å². The van der Waals surface area contributed by atoms with E-state index in [1.165, 1.54) is 51.4 Å². The van der Waals surface area contributed by atoms with E-state index in [1.54, 1.807) is 0 Å². The third kappa shape index (κ3) is 13.8. The highest BCUT2D eigenvalue weighted by Crippen LogP contribution is 2.27. The normalized spacial score (nSPS) is 19.5. The Kier molecular flexibility index (Phi) is 17.2. The van der Waals surface area contributed by atoms with E-state index in [1.807, 2.05) is 0 Å². The van der Waals surface area contributed by atoms with Gasteiger partial charge >= 0.3 is 5.97 Å². The second-order valence-electron chi connectivity index (χ2n) is 9.86. The van der Waals surface area contributed by atoms with Gasteiger partial charge in [0.15, 0.2) is 11.9 Å². The highest BCUT2D eigenvalue weighted by Gasteiger charge is 2.36. The van der Waals surface area contributed by atoms with Gasteiger partial charge in [0.2, 0.25) is 0 Å². The number of aliphatic hydroxyl groups is 1. The van der Waals surface area contributed by atoms with Crippen molar-refractivity contribution in [2.75, 3.05) is 6.61 Å². The van der Waals surface area contributed by atoms with E-state index in [0.717, 1.165) is 64.4 Å². The van der Waals surface area contributed by atoms with Crippen molar-refractivity contribution in [3.63, 3.8) is 0 Å². The van der Waals surface area contributed by atoms with E-state index < -0.39 is 11.6 Å². The molecule has 1 aliphatic rings. The highest BCUT2D eigenvalue weighted by molar-refractivity contribution is 5.76. The zero-order valence-corrected chi connectivity index (χ0v) is 21.1. The molecular formula is C27H52O5. The molecule has 3 atom stereocenters. The summed E-state index contributed by atoms with van der Waals surface area (Å²) in [6.45, 7) is 5.12. The van der Waals surface area contributed by atoms with Crippen molar-refractivity contribution >= 4 is 5.97 Å². The number of rotatable bonds is 21. The summed E-state index contributed by atoms with van der Waals surface area (Å²) in [5.74, 6) is -1.09. The smallest absolute Gasteiger partial charge is 0.335 e. The molecule has 2 N–H and O–H groups in total. The summed E-state index contributed by atoms with van der Waals surface area (Å²) in [5, 5.41) is 20.4. The first-order chi connectivity index (χ1) is 15.5. The highest BCUT2D eigenvalue weighted by atomic mass is 16.7. The fourth-order valence-electron chi connectivity index (χ4n) is 4.58. The molecule has 0 aliphatic carbocycles. The molecule has 190 valence electrons. The van der Waals surface area contributed by atoms with Gasteiger partial charge < -0.3 is 19.7 Å². The second-order valence-corrected chi connectivity index (χ2v) is 9.86. The van der Waals surface area contributed by atoms with Crippen LogP contribution in [0.2, 0.25) is 0 Å². The van der Waals surface area contributed by atoms with E-state index in [4.69, 9.17) is 9.47 Å². The molecule has 32 heavy (non-hydrogen) atoms. The molecule has 0 aromatic carbocycles. The first-order valence-corrected chi connectivity index (χ1v) is 13.7. The summed E-state index contributed by atoms with van der Waals surface area (Å²) in [6.07, 6.45) is 20.4. The molecule has 1 rings (SSSR count). The van der Waals surface area contributed by atoms with Gasteiger partial charge in [-0.1, -0.05) is 90.9 Å². The van der Waals surface area contributed by atoms with E-state index in [2.05, 4.69) is 13.8 Å². The van der Waals surface area contributed by atoms with Crippen molar-refractivity contribution in [3.8, 4) is 0 Å². The summed E-state index contributed by atoms with van der Waals surface area (Å²) in [5.41, 5.74) is -1.64. The van der Waals surface area contributed by atoms with Crippen LogP contribution >= 0.6 is 0 Å². The van der Waals surface area contributed by atoms with Gasteiger partial charge in [0.25, 0.3) is 0 Å². The number of unbranched alkanes of at least 4 members (excludes halogenated alkanes) is 11. The van der Waals surface area contributed by atoms with Crippen molar-refractivity contribution < 1.29 is 24.5 Å². The van der Waals surface area contributed by atoms with Crippen LogP contribution in [0.1, 0.15) is 142 Å². The Morgan fingerprint density at radius 2 is 1.47 bits per heavy atom. The first kappa shape index (κ1) is 29.4. The molecule has 1 saturated heterocycles. The molecule has 0 bridgehead atoms. The van der Waals surface area contributed by atoms with Gasteiger partial charge in [0.05, 0.1) is 6.10 Å². The average molecular weight is 457 g/mol. The van der Waals surface area contributed by atoms with Crippen molar-refractivity contribution in [1.29, 1.82) is 0 Å². The SMILES string of the molecule is CCCCCCCCCCCC(CCC(O)(CCCCCC)C(=O)O)OC1CCCCO1. The molecule has 0 radical (unpaired) electrons. The lowest BCUT2D eigenvalue weighted by Gasteiger charge is -2.30. The summed E-state index contributed by atoms with van der Waals surface area (Å²) in [4.78, 5) is 11.8. The largest absolute Gasteiger partial charge is 0.479 e. The Bertz CT molecular complexity index is 449. The molecule has 5 heteroatoms. The van der Waals surface area contributed by atoms with Gasteiger partial charge in [-0.3, -0.25) is 0 Å². The van der Waals surface area contributed by atoms with Gasteiger partial charge in [0, 0.05) is 6.61 Å². The van der Waals surface area contributed by atoms with Crippen LogP contribution in [0.3, 0.4) is 0 Å². The Balaban J connectivity index is 2.43. The molecule has 0 saturated carbocycles. The van der Waals surface area contributed by atoms with Gasteiger partial charge in [-0.05, 0) is 51.4 Å². The Labute approximate surface area is 197 Å². The first-order valence-electron chi connectivity index (χ1n) is 13.7. The molecular weight excluding hydrogens is 404 g/mol. The van der Waals surface area contributed by atoms with Crippen LogP contribution < -0.4 is 0 Å². The van der Waals surface area contributed by atoms with Crippen LogP contribution in [0.25, 0.3) is 0 Å². The van der Waals surface area contributed by atoms with Gasteiger partial charge in [-0.25, -0.2) is 4.79 Å². The average Bonchev–Trinajstić information content (AvgIpc) is 2.79. The Hall–Kier alpha value is -0.650. The van der Waals surface area contributed by atoms with Crippen LogP contribution in [0.5, 0.6) is 0 Å². The minimum absolute atomic E-state index is 0.0378. The summed E-state index contributed by atoms with van der Waals surface area (Å²) in [7, 11) is 0. The van der Waals surface area contributed by atoms with Crippen molar-refractivity contribution in [2.45, 2.75) is 160 Å². The number of carboxylic acids is 1. The Morgan fingerprint density at radius 1 is 0.875 bits per heavy atom. The standard InChI is InChI=1S/C27H52O5/c1-3-5-7-9-10-11-12-13-14-18-24(32-25-19-15-17-23-31-25)20-22-27(30,26(28)29)21-16-8-6-4-2/h24-25,30H,3-23H2,1-2H3,(H,28,29). The third-order valence-corrected chi connectivity index (χ3v) is 6.83. The van der Waals surface area contributed by atoms with Crippen LogP contribution in [0, 0.1) is 0 Å². The van der Waals surface area contributed by atoms with Crippen LogP contribution in [0.15, 0.2) is 0 Å². The minimum atomic E-state index is -1.64. The number of aliphatic carboxylic acids is 1. The van der Waals surface area contributed by atoms with Crippen molar-refractivity contribution in [2.24, 2.45) is 0 Å². The van der Waals surface area contributed by atoms with Crippen LogP contribution in [-0.2, 0) is 14.3 Å². The lowest BCUT2D eigenvalue weighted by Crippen LogP contribution is -2.40. The number of carbonyl (C=O) groups is 1. The van der Waals surface area contributed by atoms with E-state index in [9.17, 15) is 15.0 Å². The number of hydrogen-bond acceptors (Lipinski definition) is 4.